The second-order valence-electron chi connectivity index (χ2n) is 4.24. The smallest absolute Gasteiger partial charge is 0.0998 e. The number of anilines is 1. The molecule has 1 aromatic carbocycles. The fourth-order valence-corrected chi connectivity index (χ4v) is 2.54. The highest BCUT2D eigenvalue weighted by atomic mass is 16.5. The second-order valence-corrected chi connectivity index (χ2v) is 4.24. The van der Waals surface area contributed by atoms with Gasteiger partial charge in [0, 0.05) is 12.2 Å². The van der Waals surface area contributed by atoms with E-state index < -0.39 is 0 Å². The van der Waals surface area contributed by atoms with Crippen molar-refractivity contribution in [3.63, 3.8) is 0 Å². The fraction of sp³-hybridized carbons (Fsp3) is 0.500. The Balaban J connectivity index is 1.90. The van der Waals surface area contributed by atoms with Crippen LogP contribution in [0.1, 0.15) is 5.56 Å². The Bertz CT molecular complexity index is 366. The van der Waals surface area contributed by atoms with E-state index in [0.717, 1.165) is 13.0 Å². The van der Waals surface area contributed by atoms with E-state index in [9.17, 15) is 5.11 Å². The van der Waals surface area contributed by atoms with Crippen molar-refractivity contribution < 1.29 is 9.84 Å². The maximum Gasteiger partial charge on any atom is 0.0998 e. The largest absolute Gasteiger partial charge is 0.388 e. The summed E-state index contributed by atoms with van der Waals surface area (Å²) < 4.78 is 5.31. The van der Waals surface area contributed by atoms with Gasteiger partial charge in [-0.2, -0.15) is 0 Å². The first kappa shape index (κ1) is 9.19. The molecule has 1 saturated heterocycles. The Morgan fingerprint density at radius 1 is 1.27 bits per heavy atom. The molecule has 80 valence electrons. The minimum Gasteiger partial charge on any atom is -0.388 e. The predicted molar refractivity (Wildman–Crippen MR) is 58.1 cm³/mol. The van der Waals surface area contributed by atoms with Crippen molar-refractivity contribution in [1.82, 2.24) is 0 Å². The molecule has 2 atom stereocenters. The zero-order valence-electron chi connectivity index (χ0n) is 8.60. The van der Waals surface area contributed by atoms with Crippen molar-refractivity contribution in [2.75, 3.05) is 24.7 Å². The van der Waals surface area contributed by atoms with E-state index in [2.05, 4.69) is 29.2 Å². The molecular formula is C12H15NO2. The van der Waals surface area contributed by atoms with Crippen LogP contribution in [0.5, 0.6) is 0 Å². The van der Waals surface area contributed by atoms with Gasteiger partial charge in [-0.25, -0.2) is 0 Å². The average molecular weight is 205 g/mol. The third-order valence-corrected chi connectivity index (χ3v) is 3.34. The Kier molecular flexibility index (Phi) is 2.15. The van der Waals surface area contributed by atoms with Gasteiger partial charge in [-0.1, -0.05) is 18.2 Å². The van der Waals surface area contributed by atoms with Gasteiger partial charge in [-0.15, -0.1) is 0 Å². The van der Waals surface area contributed by atoms with E-state index in [1.807, 2.05) is 0 Å². The number of nitrogens with zero attached hydrogens (tertiary/aromatic N) is 1. The van der Waals surface area contributed by atoms with Gasteiger partial charge in [-0.3, -0.25) is 0 Å². The van der Waals surface area contributed by atoms with E-state index in [4.69, 9.17) is 4.74 Å². The summed E-state index contributed by atoms with van der Waals surface area (Å²) in [5, 5.41) is 9.81. The third-order valence-electron chi connectivity index (χ3n) is 3.34. The zero-order chi connectivity index (χ0) is 10.3. The molecular weight excluding hydrogens is 190 g/mol. The van der Waals surface area contributed by atoms with E-state index >= 15 is 0 Å². The summed E-state index contributed by atoms with van der Waals surface area (Å²) in [6, 6.07) is 8.57. The van der Waals surface area contributed by atoms with E-state index in [0.29, 0.717) is 13.2 Å². The van der Waals surface area contributed by atoms with Crippen molar-refractivity contribution in [2.45, 2.75) is 18.6 Å². The molecule has 0 saturated carbocycles. The van der Waals surface area contributed by atoms with Crippen molar-refractivity contribution in [3.8, 4) is 0 Å². The third kappa shape index (κ3) is 1.43. The molecule has 0 aliphatic carbocycles. The normalized spacial score (nSPS) is 29.5. The van der Waals surface area contributed by atoms with Crippen LogP contribution in [-0.4, -0.2) is 37.0 Å². The molecule has 2 aliphatic heterocycles. The number of aliphatic hydroxyl groups is 1. The van der Waals surface area contributed by atoms with Gasteiger partial charge < -0.3 is 14.7 Å². The van der Waals surface area contributed by atoms with Crippen molar-refractivity contribution in [1.29, 1.82) is 0 Å². The molecule has 0 amide bonds. The summed E-state index contributed by atoms with van der Waals surface area (Å²) in [5.74, 6) is 0. The standard InChI is InChI=1S/C12H15NO2/c14-12-8-15-7-11(12)13-6-5-9-3-1-2-4-10(9)13/h1-4,11-12,14H,5-8H2/t11-,12-/m1/s1. The first-order valence-electron chi connectivity index (χ1n) is 5.46. The van der Waals surface area contributed by atoms with Crippen LogP contribution < -0.4 is 4.90 Å². The van der Waals surface area contributed by atoms with Crippen LogP contribution in [0.2, 0.25) is 0 Å². The minimum atomic E-state index is -0.337. The van der Waals surface area contributed by atoms with Gasteiger partial charge in [0.15, 0.2) is 0 Å². The molecule has 3 heteroatoms. The monoisotopic (exact) mass is 205 g/mol. The van der Waals surface area contributed by atoms with Gasteiger partial charge in [0.1, 0.15) is 0 Å². The number of para-hydroxylation sites is 1. The number of fused-ring (bicyclic) bond motifs is 1. The van der Waals surface area contributed by atoms with Crippen LogP contribution in [0.3, 0.4) is 0 Å². The molecule has 2 heterocycles. The molecule has 15 heavy (non-hydrogen) atoms. The lowest BCUT2D eigenvalue weighted by Gasteiger charge is -2.27. The lowest BCUT2D eigenvalue weighted by molar-refractivity contribution is 0.124. The molecule has 2 aliphatic rings. The van der Waals surface area contributed by atoms with Gasteiger partial charge in [0.2, 0.25) is 0 Å². The van der Waals surface area contributed by atoms with Crippen LogP contribution in [0, 0.1) is 0 Å². The number of rotatable bonds is 1. The predicted octanol–water partition coefficient (Wildman–Crippen LogP) is 0.809. The Morgan fingerprint density at radius 2 is 2.13 bits per heavy atom. The van der Waals surface area contributed by atoms with Crippen LogP contribution in [-0.2, 0) is 11.2 Å². The van der Waals surface area contributed by atoms with Gasteiger partial charge in [0.05, 0.1) is 25.4 Å². The molecule has 1 aromatic rings. The number of hydrogen-bond donors (Lipinski definition) is 1. The summed E-state index contributed by atoms with van der Waals surface area (Å²) in [7, 11) is 0. The summed E-state index contributed by atoms with van der Waals surface area (Å²) in [6.07, 6.45) is 0.746. The van der Waals surface area contributed by atoms with Crippen molar-refractivity contribution >= 4 is 5.69 Å². The molecule has 1 N–H and O–H groups in total. The van der Waals surface area contributed by atoms with Crippen LogP contribution in [0.4, 0.5) is 5.69 Å². The maximum absolute atomic E-state index is 9.81. The average Bonchev–Trinajstić information content (AvgIpc) is 2.83. The molecule has 3 rings (SSSR count). The summed E-state index contributed by atoms with van der Waals surface area (Å²) in [6.45, 7) is 2.13. The minimum absolute atomic E-state index is 0.147. The number of ether oxygens (including phenoxy) is 1. The summed E-state index contributed by atoms with van der Waals surface area (Å²) in [4.78, 5) is 2.28. The highest BCUT2D eigenvalue weighted by Crippen LogP contribution is 2.31. The van der Waals surface area contributed by atoms with Gasteiger partial charge >= 0.3 is 0 Å². The molecule has 3 nitrogen and oxygen atoms in total. The van der Waals surface area contributed by atoms with E-state index in [1.54, 1.807) is 0 Å². The summed E-state index contributed by atoms with van der Waals surface area (Å²) >= 11 is 0. The highest BCUT2D eigenvalue weighted by molar-refractivity contribution is 5.58. The SMILES string of the molecule is O[C@@H]1COC[C@H]1N1CCc2ccccc21. The van der Waals surface area contributed by atoms with Gasteiger partial charge in [-0.05, 0) is 18.1 Å². The molecule has 1 fully saturated rings. The molecule has 0 radical (unpaired) electrons. The lowest BCUT2D eigenvalue weighted by Crippen LogP contribution is -2.42. The Morgan fingerprint density at radius 3 is 2.93 bits per heavy atom. The maximum atomic E-state index is 9.81. The van der Waals surface area contributed by atoms with Gasteiger partial charge in [0.25, 0.3) is 0 Å². The highest BCUT2D eigenvalue weighted by Gasteiger charge is 2.34. The van der Waals surface area contributed by atoms with Crippen LogP contribution >= 0.6 is 0 Å². The first-order valence-corrected chi connectivity index (χ1v) is 5.46. The van der Waals surface area contributed by atoms with Crippen molar-refractivity contribution in [3.05, 3.63) is 29.8 Å². The van der Waals surface area contributed by atoms with Crippen molar-refractivity contribution in [2.24, 2.45) is 0 Å². The number of hydrogen-bond acceptors (Lipinski definition) is 3. The topological polar surface area (TPSA) is 32.7 Å². The van der Waals surface area contributed by atoms with E-state index in [1.165, 1.54) is 11.3 Å². The fourth-order valence-electron chi connectivity index (χ4n) is 2.54. The molecule has 0 aromatic heterocycles. The quantitative estimate of drug-likeness (QED) is 0.736. The Hall–Kier alpha value is -1.06. The summed E-state index contributed by atoms with van der Waals surface area (Å²) in [5.41, 5.74) is 2.66. The molecule has 0 bridgehead atoms. The molecule has 0 spiro atoms. The van der Waals surface area contributed by atoms with Crippen LogP contribution in [0.25, 0.3) is 0 Å². The Labute approximate surface area is 89.3 Å². The number of aliphatic hydroxyl groups excluding tert-OH is 1. The lowest BCUT2D eigenvalue weighted by atomic mass is 10.1. The first-order chi connectivity index (χ1) is 7.36. The zero-order valence-corrected chi connectivity index (χ0v) is 8.60. The molecule has 0 unspecified atom stereocenters. The van der Waals surface area contributed by atoms with E-state index in [-0.39, 0.29) is 12.1 Å². The second kappa shape index (κ2) is 3.51. The van der Waals surface area contributed by atoms with Crippen LogP contribution in [0.15, 0.2) is 24.3 Å². The number of benzene rings is 1.